The Morgan fingerprint density at radius 2 is 1.55 bits per heavy atom. The molecule has 1 rings (SSSR count). The summed E-state index contributed by atoms with van der Waals surface area (Å²) in [6.45, 7) is 13.1. The van der Waals surface area contributed by atoms with Crippen LogP contribution in [0, 0.1) is 5.41 Å². The third-order valence-corrected chi connectivity index (χ3v) is 5.33. The van der Waals surface area contributed by atoms with Gasteiger partial charge < -0.3 is 14.6 Å². The number of aliphatic hydroxyl groups excluding tert-OH is 1. The number of hydrogen-bond donors (Lipinski definition) is 1. The maximum atomic E-state index is 11.9. The van der Waals surface area contributed by atoms with Crippen LogP contribution >= 0.6 is 0 Å². The summed E-state index contributed by atoms with van der Waals surface area (Å²) in [5.74, 6) is 0.706. The van der Waals surface area contributed by atoms with Gasteiger partial charge in [0.2, 0.25) is 0 Å². The molecule has 0 aromatic heterocycles. The van der Waals surface area contributed by atoms with E-state index in [0.717, 1.165) is 50.7 Å². The molecule has 1 atom stereocenters. The summed E-state index contributed by atoms with van der Waals surface area (Å²) in [7, 11) is 0. The summed E-state index contributed by atoms with van der Waals surface area (Å²) in [6, 6.07) is 8.13. The molecule has 0 bridgehead atoms. The van der Waals surface area contributed by atoms with Crippen molar-refractivity contribution in [2.45, 2.75) is 98.0 Å². The monoisotopic (exact) mass is 406 g/mol. The van der Waals surface area contributed by atoms with E-state index in [-0.39, 0.29) is 11.4 Å². The van der Waals surface area contributed by atoms with Crippen molar-refractivity contribution in [1.82, 2.24) is 0 Å². The molecule has 1 aromatic rings. The highest BCUT2D eigenvalue weighted by Crippen LogP contribution is 2.26. The maximum absolute atomic E-state index is 11.9. The lowest BCUT2D eigenvalue weighted by Gasteiger charge is -2.22. The molecule has 0 radical (unpaired) electrons. The Labute approximate surface area is 178 Å². The molecule has 0 saturated heterocycles. The predicted molar refractivity (Wildman–Crippen MR) is 119 cm³/mol. The fourth-order valence-corrected chi connectivity index (χ4v) is 3.23. The Morgan fingerprint density at radius 1 is 0.966 bits per heavy atom. The average molecular weight is 407 g/mol. The van der Waals surface area contributed by atoms with Crippen molar-refractivity contribution in [2.24, 2.45) is 5.41 Å². The average Bonchev–Trinajstić information content (AvgIpc) is 2.65. The predicted octanol–water partition coefficient (Wildman–Crippen LogP) is 6.04. The Bertz CT molecular complexity index is 584. The first-order valence-corrected chi connectivity index (χ1v) is 11.1. The normalized spacial score (nSPS) is 13.2. The van der Waals surface area contributed by atoms with Gasteiger partial charge in [0.1, 0.15) is 12.4 Å². The Morgan fingerprint density at radius 3 is 2.14 bits per heavy atom. The molecule has 0 aliphatic rings. The van der Waals surface area contributed by atoms with Crippen LogP contribution in [0.1, 0.15) is 92.1 Å². The van der Waals surface area contributed by atoms with Crippen molar-refractivity contribution >= 4 is 5.97 Å². The highest BCUT2D eigenvalue weighted by molar-refractivity contribution is 5.75. The minimum atomic E-state index is -0.431. The molecule has 0 spiro atoms. The van der Waals surface area contributed by atoms with Crippen LogP contribution in [0.4, 0.5) is 0 Å². The zero-order valence-electron chi connectivity index (χ0n) is 19.4. The molecule has 0 amide bonds. The molecule has 4 nitrogen and oxygen atoms in total. The number of ether oxygens (including phenoxy) is 2. The van der Waals surface area contributed by atoms with E-state index in [2.05, 4.69) is 32.9 Å². The molecule has 1 aromatic carbocycles. The zero-order chi connectivity index (χ0) is 21.9. The molecule has 1 unspecified atom stereocenters. The van der Waals surface area contributed by atoms with Gasteiger partial charge in [-0.3, -0.25) is 4.79 Å². The third kappa shape index (κ3) is 10.2. The van der Waals surface area contributed by atoms with E-state index in [1.807, 2.05) is 32.9 Å². The minimum absolute atomic E-state index is 0.101. The van der Waals surface area contributed by atoms with E-state index in [1.165, 1.54) is 5.56 Å². The number of carbonyl (C=O) groups excluding carboxylic acids is 1. The fraction of sp³-hybridized carbons (Fsp3) is 0.720. The summed E-state index contributed by atoms with van der Waals surface area (Å²) >= 11 is 0. The van der Waals surface area contributed by atoms with Gasteiger partial charge in [-0.2, -0.15) is 0 Å². The Balaban J connectivity index is 2.12. The van der Waals surface area contributed by atoms with Crippen LogP contribution in [0.3, 0.4) is 0 Å². The second-order valence-corrected chi connectivity index (χ2v) is 9.65. The van der Waals surface area contributed by atoms with Crippen molar-refractivity contribution in [3.8, 4) is 5.75 Å². The van der Waals surface area contributed by atoms with Crippen molar-refractivity contribution in [3.05, 3.63) is 29.8 Å². The lowest BCUT2D eigenvalue weighted by atomic mass is 9.87. The number of rotatable bonds is 13. The molecule has 0 aliphatic carbocycles. The van der Waals surface area contributed by atoms with Crippen LogP contribution in [0.15, 0.2) is 24.3 Å². The van der Waals surface area contributed by atoms with Crippen LogP contribution in [0.25, 0.3) is 0 Å². The highest BCUT2D eigenvalue weighted by Gasteiger charge is 2.28. The molecule has 1 N–H and O–H groups in total. The minimum Gasteiger partial charge on any atom is -0.491 e. The summed E-state index contributed by atoms with van der Waals surface area (Å²) < 4.78 is 10.8. The van der Waals surface area contributed by atoms with E-state index in [9.17, 15) is 9.90 Å². The summed E-state index contributed by atoms with van der Waals surface area (Å²) in [4.78, 5) is 11.9. The molecule has 4 heteroatoms. The number of aliphatic hydroxyl groups is 1. The zero-order valence-corrected chi connectivity index (χ0v) is 19.4. The topological polar surface area (TPSA) is 55.8 Å². The van der Waals surface area contributed by atoms with Crippen LogP contribution in [0.5, 0.6) is 5.75 Å². The lowest BCUT2D eigenvalue weighted by Crippen LogP contribution is -2.26. The second-order valence-electron chi connectivity index (χ2n) is 9.65. The summed E-state index contributed by atoms with van der Waals surface area (Å²) in [5, 5.41) is 10.1. The quantitative estimate of drug-likeness (QED) is 0.320. The molecular weight excluding hydrogens is 364 g/mol. The van der Waals surface area contributed by atoms with E-state index < -0.39 is 11.5 Å². The summed E-state index contributed by atoms with van der Waals surface area (Å²) in [5.41, 5.74) is 1.01. The van der Waals surface area contributed by atoms with Gasteiger partial charge in [0.15, 0.2) is 0 Å². The van der Waals surface area contributed by atoms with Gasteiger partial charge in [-0.05, 0) is 56.7 Å². The molecule has 166 valence electrons. The maximum Gasteiger partial charge on any atom is 0.311 e. The Hall–Kier alpha value is -1.55. The van der Waals surface area contributed by atoms with E-state index in [1.54, 1.807) is 0 Å². The van der Waals surface area contributed by atoms with Crippen LogP contribution in [-0.2, 0) is 14.9 Å². The molecule has 29 heavy (non-hydrogen) atoms. The fourth-order valence-electron chi connectivity index (χ4n) is 3.23. The van der Waals surface area contributed by atoms with Gasteiger partial charge in [-0.1, -0.05) is 65.0 Å². The smallest absolute Gasteiger partial charge is 0.311 e. The number of esters is 1. The van der Waals surface area contributed by atoms with Crippen LogP contribution in [0.2, 0.25) is 0 Å². The second kappa shape index (κ2) is 12.2. The van der Waals surface area contributed by atoms with Gasteiger partial charge in [0.25, 0.3) is 0 Å². The van der Waals surface area contributed by atoms with Gasteiger partial charge >= 0.3 is 5.97 Å². The van der Waals surface area contributed by atoms with E-state index in [0.29, 0.717) is 13.2 Å². The third-order valence-electron chi connectivity index (χ3n) is 5.33. The number of unbranched alkanes of at least 4 members (excludes halogenated alkanes) is 4. The Kier molecular flexibility index (Phi) is 10.7. The van der Waals surface area contributed by atoms with Crippen molar-refractivity contribution in [3.63, 3.8) is 0 Å². The van der Waals surface area contributed by atoms with Crippen molar-refractivity contribution < 1.29 is 19.4 Å². The van der Waals surface area contributed by atoms with Gasteiger partial charge in [0, 0.05) is 0 Å². The molecule has 0 heterocycles. The molecule has 0 saturated carbocycles. The summed E-state index contributed by atoms with van der Waals surface area (Å²) in [6.07, 6.45) is 6.54. The number of hydrogen-bond acceptors (Lipinski definition) is 4. The van der Waals surface area contributed by atoms with E-state index >= 15 is 0 Å². The largest absolute Gasteiger partial charge is 0.491 e. The first-order valence-electron chi connectivity index (χ1n) is 11.1. The molecule has 0 fully saturated rings. The molecular formula is C25H42O4. The van der Waals surface area contributed by atoms with Crippen molar-refractivity contribution in [1.29, 1.82) is 0 Å². The van der Waals surface area contributed by atoms with Gasteiger partial charge in [0.05, 0.1) is 18.1 Å². The van der Waals surface area contributed by atoms with Crippen LogP contribution < -0.4 is 4.74 Å². The number of benzene rings is 1. The van der Waals surface area contributed by atoms with Crippen LogP contribution in [-0.4, -0.2) is 30.4 Å². The van der Waals surface area contributed by atoms with Crippen molar-refractivity contribution in [2.75, 3.05) is 13.2 Å². The van der Waals surface area contributed by atoms with Gasteiger partial charge in [-0.25, -0.2) is 0 Å². The number of carbonyl (C=O) groups is 1. The van der Waals surface area contributed by atoms with E-state index in [4.69, 9.17) is 9.47 Å². The first-order chi connectivity index (χ1) is 13.6. The lowest BCUT2D eigenvalue weighted by molar-refractivity contribution is -0.153. The first kappa shape index (κ1) is 25.5. The molecule has 0 aliphatic heterocycles. The van der Waals surface area contributed by atoms with Gasteiger partial charge in [-0.15, -0.1) is 0 Å². The SMILES string of the molecule is CCOC(=O)C(C)(C)CCCCCCCC(O)COc1ccc(C(C)(C)C)cc1. The highest BCUT2D eigenvalue weighted by atomic mass is 16.5. The standard InChI is InChI=1S/C25H42O4/c1-7-28-23(27)25(5,6)18-12-10-8-9-11-13-21(26)19-29-22-16-14-20(15-17-22)24(2,3)4/h14-17,21,26H,7-13,18-19H2,1-6H3.